The summed E-state index contributed by atoms with van der Waals surface area (Å²) >= 11 is 0. The van der Waals surface area contributed by atoms with Gasteiger partial charge in [-0.05, 0) is 48.5 Å². The van der Waals surface area contributed by atoms with Crippen LogP contribution in [0.1, 0.15) is 16.8 Å². The lowest BCUT2D eigenvalue weighted by molar-refractivity contribution is -0.121. The largest absolute Gasteiger partial charge is 0.452 e. The first-order chi connectivity index (χ1) is 15.4. The number of carbonyl (C=O) groups is 3. The summed E-state index contributed by atoms with van der Waals surface area (Å²) < 4.78 is 24.0. The number of nitrogens with zero attached hydrogens (tertiary/aromatic N) is 2. The molecule has 1 aromatic heterocycles. The van der Waals surface area contributed by atoms with E-state index in [0.29, 0.717) is 11.4 Å². The molecule has 0 spiro atoms. The molecule has 0 unspecified atom stereocenters. The molecular formula is C23H20FN3O5. The van der Waals surface area contributed by atoms with Crippen molar-refractivity contribution in [3.05, 3.63) is 84.3 Å². The molecule has 3 rings (SSSR count). The van der Waals surface area contributed by atoms with Gasteiger partial charge in [0, 0.05) is 24.8 Å². The molecule has 0 fully saturated rings. The second kappa shape index (κ2) is 10.7. The molecule has 164 valence electrons. The van der Waals surface area contributed by atoms with Crippen LogP contribution in [0.5, 0.6) is 11.6 Å². The number of nitrogens with two attached hydrogens (primary N) is 1. The fraction of sp³-hybridized carbons (Fsp3) is 0.130. The van der Waals surface area contributed by atoms with Gasteiger partial charge in [-0.1, -0.05) is 18.2 Å². The zero-order chi connectivity index (χ0) is 22.9. The van der Waals surface area contributed by atoms with Gasteiger partial charge in [0.1, 0.15) is 17.1 Å². The van der Waals surface area contributed by atoms with Crippen LogP contribution in [0, 0.1) is 5.82 Å². The molecule has 0 bridgehead atoms. The number of ether oxygens (including phenoxy) is 2. The molecular weight excluding hydrogens is 417 g/mol. The minimum atomic E-state index is -0.814. The molecule has 2 aromatic carbocycles. The van der Waals surface area contributed by atoms with Crippen molar-refractivity contribution in [1.29, 1.82) is 0 Å². The van der Waals surface area contributed by atoms with E-state index < -0.39 is 30.2 Å². The molecule has 0 aliphatic rings. The van der Waals surface area contributed by atoms with Crippen molar-refractivity contribution in [1.82, 2.24) is 4.98 Å². The number of amides is 2. The summed E-state index contributed by atoms with van der Waals surface area (Å²) in [7, 11) is 0. The number of rotatable bonds is 9. The van der Waals surface area contributed by atoms with Crippen LogP contribution in [-0.4, -0.2) is 35.9 Å². The number of hydrogen-bond acceptors (Lipinski definition) is 6. The Hall–Kier alpha value is -4.27. The monoisotopic (exact) mass is 437 g/mol. The quantitative estimate of drug-likeness (QED) is 0.515. The third-order valence-corrected chi connectivity index (χ3v) is 4.30. The number of hydrogen-bond donors (Lipinski definition) is 1. The molecule has 3 aromatic rings. The van der Waals surface area contributed by atoms with E-state index in [1.54, 1.807) is 24.3 Å². The lowest BCUT2D eigenvalue weighted by Gasteiger charge is -2.22. The average molecular weight is 437 g/mol. The first-order valence-corrected chi connectivity index (χ1v) is 9.63. The normalized spacial score (nSPS) is 10.3. The molecule has 0 radical (unpaired) electrons. The van der Waals surface area contributed by atoms with Crippen LogP contribution in [-0.2, 0) is 14.3 Å². The number of esters is 1. The van der Waals surface area contributed by atoms with Gasteiger partial charge in [0.2, 0.25) is 11.8 Å². The smallest absolute Gasteiger partial charge is 0.344 e. The molecule has 2 N–H and O–H groups in total. The molecule has 0 aliphatic heterocycles. The SMILES string of the molecule is NC(=O)CCN(C(=O)COC(=O)c1cccnc1Oc1ccccc1)c1ccc(F)cc1. The number of benzene rings is 2. The van der Waals surface area contributed by atoms with Crippen LogP contribution in [0.15, 0.2) is 72.9 Å². The van der Waals surface area contributed by atoms with E-state index in [9.17, 15) is 18.8 Å². The van der Waals surface area contributed by atoms with Gasteiger partial charge in [0.05, 0.1) is 0 Å². The number of pyridine rings is 1. The van der Waals surface area contributed by atoms with E-state index in [1.807, 2.05) is 6.07 Å². The van der Waals surface area contributed by atoms with Crippen LogP contribution in [0.2, 0.25) is 0 Å². The van der Waals surface area contributed by atoms with Crippen LogP contribution < -0.4 is 15.4 Å². The topological polar surface area (TPSA) is 112 Å². The van der Waals surface area contributed by atoms with Crippen molar-refractivity contribution >= 4 is 23.5 Å². The Balaban J connectivity index is 1.70. The van der Waals surface area contributed by atoms with Gasteiger partial charge in [-0.15, -0.1) is 0 Å². The van der Waals surface area contributed by atoms with Crippen LogP contribution in [0.3, 0.4) is 0 Å². The molecule has 9 heteroatoms. The summed E-state index contributed by atoms with van der Waals surface area (Å²) in [5.41, 5.74) is 5.55. The number of para-hydroxylation sites is 1. The maximum atomic E-state index is 13.2. The predicted octanol–water partition coefficient (Wildman–Crippen LogP) is 3.08. The Morgan fingerprint density at radius 3 is 2.38 bits per heavy atom. The number of halogens is 1. The highest BCUT2D eigenvalue weighted by atomic mass is 19.1. The van der Waals surface area contributed by atoms with Crippen molar-refractivity contribution in [3.63, 3.8) is 0 Å². The molecule has 0 atom stereocenters. The van der Waals surface area contributed by atoms with Gasteiger partial charge < -0.3 is 20.1 Å². The standard InChI is InChI=1S/C23H20FN3O5/c24-16-8-10-17(11-9-16)27(14-12-20(25)28)21(29)15-31-23(30)19-7-4-13-26-22(19)32-18-5-2-1-3-6-18/h1-11,13H,12,14-15H2,(H2,25,28). The van der Waals surface area contributed by atoms with E-state index in [-0.39, 0.29) is 24.4 Å². The van der Waals surface area contributed by atoms with Crippen molar-refractivity contribution < 1.29 is 28.2 Å². The second-order valence-electron chi connectivity index (χ2n) is 6.59. The minimum Gasteiger partial charge on any atom is -0.452 e. The predicted molar refractivity (Wildman–Crippen MR) is 114 cm³/mol. The fourth-order valence-electron chi connectivity index (χ4n) is 2.75. The summed E-state index contributed by atoms with van der Waals surface area (Å²) in [6, 6.07) is 16.9. The maximum Gasteiger partial charge on any atom is 0.344 e. The molecule has 8 nitrogen and oxygen atoms in total. The Morgan fingerprint density at radius 2 is 1.69 bits per heavy atom. The highest BCUT2D eigenvalue weighted by Gasteiger charge is 2.21. The highest BCUT2D eigenvalue weighted by Crippen LogP contribution is 2.23. The van der Waals surface area contributed by atoms with Crippen molar-refractivity contribution in [2.75, 3.05) is 18.1 Å². The van der Waals surface area contributed by atoms with Crippen LogP contribution in [0.25, 0.3) is 0 Å². The number of carbonyl (C=O) groups excluding carboxylic acids is 3. The lowest BCUT2D eigenvalue weighted by Crippen LogP contribution is -2.37. The molecule has 0 saturated heterocycles. The molecule has 0 aliphatic carbocycles. The summed E-state index contributed by atoms with van der Waals surface area (Å²) in [5.74, 6) is -2.01. The third kappa shape index (κ3) is 6.11. The van der Waals surface area contributed by atoms with Gasteiger partial charge >= 0.3 is 5.97 Å². The van der Waals surface area contributed by atoms with E-state index in [4.69, 9.17) is 15.2 Å². The Morgan fingerprint density at radius 1 is 0.969 bits per heavy atom. The maximum absolute atomic E-state index is 13.2. The first kappa shape index (κ1) is 22.4. The van der Waals surface area contributed by atoms with Crippen LogP contribution in [0.4, 0.5) is 10.1 Å². The number of anilines is 1. The summed E-state index contributed by atoms with van der Waals surface area (Å²) in [5, 5.41) is 0. The minimum absolute atomic E-state index is 0.0280. The van der Waals surface area contributed by atoms with Crippen LogP contribution >= 0.6 is 0 Å². The van der Waals surface area contributed by atoms with Gasteiger partial charge in [0.15, 0.2) is 6.61 Å². The summed E-state index contributed by atoms with van der Waals surface area (Å²) in [4.78, 5) is 41.7. The lowest BCUT2D eigenvalue weighted by atomic mass is 10.2. The van der Waals surface area contributed by atoms with E-state index in [1.165, 1.54) is 47.5 Å². The van der Waals surface area contributed by atoms with Gasteiger partial charge in [-0.25, -0.2) is 14.2 Å². The fourth-order valence-corrected chi connectivity index (χ4v) is 2.75. The third-order valence-electron chi connectivity index (χ3n) is 4.30. The molecule has 1 heterocycles. The zero-order valence-corrected chi connectivity index (χ0v) is 16.9. The highest BCUT2D eigenvalue weighted by molar-refractivity contribution is 5.98. The molecule has 0 saturated carbocycles. The van der Waals surface area contributed by atoms with E-state index >= 15 is 0 Å². The Bertz CT molecular complexity index is 1090. The Labute approximate surface area is 183 Å². The number of aromatic nitrogens is 1. The number of primary amides is 1. The summed E-state index contributed by atoms with van der Waals surface area (Å²) in [6.45, 7) is -0.665. The second-order valence-corrected chi connectivity index (χ2v) is 6.59. The van der Waals surface area contributed by atoms with Gasteiger partial charge in [-0.2, -0.15) is 0 Å². The van der Waals surface area contributed by atoms with Crippen molar-refractivity contribution in [2.24, 2.45) is 5.73 Å². The van der Waals surface area contributed by atoms with Gasteiger partial charge in [-0.3, -0.25) is 9.59 Å². The Kier molecular flexibility index (Phi) is 7.47. The summed E-state index contributed by atoms with van der Waals surface area (Å²) in [6.07, 6.45) is 1.34. The first-order valence-electron chi connectivity index (χ1n) is 9.63. The van der Waals surface area contributed by atoms with Crippen molar-refractivity contribution in [3.8, 4) is 11.6 Å². The van der Waals surface area contributed by atoms with Crippen molar-refractivity contribution in [2.45, 2.75) is 6.42 Å². The average Bonchev–Trinajstić information content (AvgIpc) is 2.79. The molecule has 2 amide bonds. The van der Waals surface area contributed by atoms with E-state index in [2.05, 4.69) is 4.98 Å². The van der Waals surface area contributed by atoms with Gasteiger partial charge in [0.25, 0.3) is 5.91 Å². The molecule has 32 heavy (non-hydrogen) atoms. The van der Waals surface area contributed by atoms with E-state index in [0.717, 1.165) is 0 Å². The zero-order valence-electron chi connectivity index (χ0n) is 16.9.